The minimum atomic E-state index is -0.370. The molecule has 0 aliphatic carbocycles. The summed E-state index contributed by atoms with van der Waals surface area (Å²) in [4.78, 5) is 43.4. The third kappa shape index (κ3) is 5.13. The van der Waals surface area contributed by atoms with Gasteiger partial charge in [0.15, 0.2) is 5.82 Å². The van der Waals surface area contributed by atoms with E-state index >= 15 is 0 Å². The van der Waals surface area contributed by atoms with E-state index < -0.39 is 0 Å². The maximum absolute atomic E-state index is 13.4. The smallest absolute Gasteiger partial charge is 0.334 e. The van der Waals surface area contributed by atoms with Crippen molar-refractivity contribution >= 4 is 40.1 Å². The second-order valence-electron chi connectivity index (χ2n) is 9.86. The first-order chi connectivity index (χ1) is 19.3. The number of likely N-dealkylation sites (N-methyl/N-ethyl adjacent to an activating group) is 2. The molecule has 4 heterocycles. The Morgan fingerprint density at radius 2 is 2.00 bits per heavy atom. The zero-order valence-corrected chi connectivity index (χ0v) is 23.1. The minimum absolute atomic E-state index is 0.134. The molecule has 0 fully saturated rings. The van der Waals surface area contributed by atoms with Crippen LogP contribution in [0.3, 0.4) is 0 Å². The molecule has 1 aliphatic heterocycles. The van der Waals surface area contributed by atoms with Crippen LogP contribution in [-0.4, -0.2) is 76.2 Å². The summed E-state index contributed by atoms with van der Waals surface area (Å²) < 4.78 is 9.02. The third-order valence-corrected chi connectivity index (χ3v) is 6.82. The zero-order valence-electron chi connectivity index (χ0n) is 23.1. The summed E-state index contributed by atoms with van der Waals surface area (Å²) in [5, 5.41) is 5.99. The summed E-state index contributed by atoms with van der Waals surface area (Å²) in [6.45, 7) is 5.68. The molecular weight excluding hydrogens is 510 g/mol. The van der Waals surface area contributed by atoms with Gasteiger partial charge in [-0.1, -0.05) is 18.7 Å². The fraction of sp³-hybridized carbons (Fsp3) is 0.321. The van der Waals surface area contributed by atoms with Gasteiger partial charge in [-0.05, 0) is 50.7 Å². The number of ether oxygens (including phenoxy) is 1. The Hall–Kier alpha value is -4.71. The molecule has 0 spiro atoms. The van der Waals surface area contributed by atoms with Crippen LogP contribution in [0, 0.1) is 0 Å². The Kier molecular flexibility index (Phi) is 7.52. The molecule has 2 N–H and O–H groups in total. The van der Waals surface area contributed by atoms with Crippen LogP contribution in [-0.2, 0) is 17.8 Å². The first-order valence-corrected chi connectivity index (χ1v) is 13.0. The van der Waals surface area contributed by atoms with Gasteiger partial charge in [-0.2, -0.15) is 9.97 Å². The van der Waals surface area contributed by atoms with Gasteiger partial charge in [0.1, 0.15) is 11.5 Å². The van der Waals surface area contributed by atoms with Gasteiger partial charge in [0, 0.05) is 38.9 Å². The van der Waals surface area contributed by atoms with E-state index in [2.05, 4.69) is 43.1 Å². The number of rotatable bonds is 10. The van der Waals surface area contributed by atoms with Crippen LogP contribution in [0.1, 0.15) is 12.0 Å². The number of carbonyl (C=O) groups excluding carboxylic acids is 1. The maximum Gasteiger partial charge on any atom is 0.334 e. The normalized spacial score (nSPS) is 12.4. The zero-order chi connectivity index (χ0) is 28.4. The Labute approximate surface area is 231 Å². The summed E-state index contributed by atoms with van der Waals surface area (Å²) in [5.41, 5.74) is 3.70. The van der Waals surface area contributed by atoms with Crippen molar-refractivity contribution in [3.63, 3.8) is 0 Å². The number of hydrogen-bond acceptors (Lipinski definition) is 9. The molecule has 1 aromatic carbocycles. The van der Waals surface area contributed by atoms with E-state index in [1.165, 1.54) is 13.2 Å². The fourth-order valence-corrected chi connectivity index (χ4v) is 4.86. The monoisotopic (exact) mass is 543 g/mol. The summed E-state index contributed by atoms with van der Waals surface area (Å²) in [5.74, 6) is 1.14. The van der Waals surface area contributed by atoms with Gasteiger partial charge >= 0.3 is 5.69 Å². The third-order valence-electron chi connectivity index (χ3n) is 6.82. The number of nitrogens with zero attached hydrogens (tertiary/aromatic N) is 7. The quantitative estimate of drug-likeness (QED) is 0.291. The van der Waals surface area contributed by atoms with Crippen molar-refractivity contribution in [3.05, 3.63) is 65.2 Å². The SMILES string of the molecule is C=CC(=O)Nc1cc(Nc2nccc(-n3c(=O)n4c5c(cccc53)CCC4)n2)c(OC)nc1N(C)CCN(C)C. The Balaban J connectivity index is 1.53. The van der Waals surface area contributed by atoms with Crippen LogP contribution in [0.25, 0.3) is 16.9 Å². The highest BCUT2D eigenvalue weighted by Crippen LogP contribution is 2.34. The number of amides is 1. The van der Waals surface area contributed by atoms with Crippen molar-refractivity contribution in [3.8, 4) is 11.7 Å². The highest BCUT2D eigenvalue weighted by molar-refractivity contribution is 6.01. The molecule has 0 saturated heterocycles. The molecule has 0 saturated carbocycles. The van der Waals surface area contributed by atoms with E-state index in [1.54, 1.807) is 22.9 Å². The number of pyridine rings is 1. The Morgan fingerprint density at radius 1 is 1.18 bits per heavy atom. The molecule has 0 radical (unpaired) electrons. The molecule has 4 aromatic rings. The number of benzene rings is 1. The van der Waals surface area contributed by atoms with Gasteiger partial charge in [0.05, 0.1) is 23.8 Å². The van der Waals surface area contributed by atoms with Crippen molar-refractivity contribution in [2.45, 2.75) is 19.4 Å². The van der Waals surface area contributed by atoms with Gasteiger partial charge < -0.3 is 25.2 Å². The molecule has 1 amide bonds. The number of anilines is 4. The predicted octanol–water partition coefficient (Wildman–Crippen LogP) is 2.80. The van der Waals surface area contributed by atoms with Gasteiger partial charge in [-0.25, -0.2) is 14.3 Å². The highest BCUT2D eigenvalue weighted by atomic mass is 16.5. The largest absolute Gasteiger partial charge is 0.479 e. The van der Waals surface area contributed by atoms with Crippen molar-refractivity contribution in [2.24, 2.45) is 0 Å². The Bertz CT molecular complexity index is 1640. The fourth-order valence-electron chi connectivity index (χ4n) is 4.86. The van der Waals surface area contributed by atoms with Crippen molar-refractivity contribution in [1.82, 2.24) is 29.0 Å². The number of carbonyl (C=O) groups is 1. The van der Waals surface area contributed by atoms with Crippen LogP contribution in [0.4, 0.5) is 23.1 Å². The van der Waals surface area contributed by atoms with Crippen molar-refractivity contribution in [1.29, 1.82) is 0 Å². The molecule has 0 unspecified atom stereocenters. The van der Waals surface area contributed by atoms with Gasteiger partial charge in [-0.15, -0.1) is 0 Å². The predicted molar refractivity (Wildman–Crippen MR) is 156 cm³/mol. The van der Waals surface area contributed by atoms with Crippen molar-refractivity contribution in [2.75, 3.05) is 56.9 Å². The molecule has 0 atom stereocenters. The van der Waals surface area contributed by atoms with Crippen LogP contribution in [0.15, 0.2) is 54.0 Å². The molecule has 1 aliphatic rings. The molecule has 12 nitrogen and oxygen atoms in total. The molecule has 3 aromatic heterocycles. The van der Waals surface area contributed by atoms with Gasteiger partial charge in [0.25, 0.3) is 0 Å². The van der Waals surface area contributed by atoms with Gasteiger partial charge in [0.2, 0.25) is 17.7 Å². The van der Waals surface area contributed by atoms with Crippen LogP contribution in [0.5, 0.6) is 5.88 Å². The molecular formula is C28H33N9O3. The lowest BCUT2D eigenvalue weighted by atomic mass is 10.0. The van der Waals surface area contributed by atoms with E-state index in [9.17, 15) is 9.59 Å². The van der Waals surface area contributed by atoms with E-state index in [4.69, 9.17) is 4.74 Å². The summed E-state index contributed by atoms with van der Waals surface area (Å²) in [6.07, 6.45) is 4.65. The number of nitrogens with one attached hydrogen (secondary N) is 2. The Morgan fingerprint density at radius 3 is 2.75 bits per heavy atom. The van der Waals surface area contributed by atoms with Crippen LogP contribution < -0.4 is 26.0 Å². The number of aromatic nitrogens is 5. The number of imidazole rings is 1. The lowest BCUT2D eigenvalue weighted by molar-refractivity contribution is -0.111. The lowest BCUT2D eigenvalue weighted by Crippen LogP contribution is -2.30. The first-order valence-electron chi connectivity index (χ1n) is 13.0. The highest BCUT2D eigenvalue weighted by Gasteiger charge is 2.22. The number of aryl methyl sites for hydroxylation is 2. The van der Waals surface area contributed by atoms with Crippen LogP contribution >= 0.6 is 0 Å². The first kappa shape index (κ1) is 26.9. The topological polar surface area (TPSA) is 122 Å². The van der Waals surface area contributed by atoms with Crippen molar-refractivity contribution < 1.29 is 9.53 Å². The van der Waals surface area contributed by atoms with Gasteiger partial charge in [-0.3, -0.25) is 9.36 Å². The summed E-state index contributed by atoms with van der Waals surface area (Å²) >= 11 is 0. The average molecular weight is 544 g/mol. The second-order valence-corrected chi connectivity index (χ2v) is 9.86. The van der Waals surface area contributed by atoms with Crippen LogP contribution in [0.2, 0.25) is 0 Å². The molecule has 40 heavy (non-hydrogen) atoms. The molecule has 5 rings (SSSR count). The minimum Gasteiger partial charge on any atom is -0.479 e. The number of para-hydroxylation sites is 1. The molecule has 12 heteroatoms. The second kappa shape index (κ2) is 11.2. The summed E-state index contributed by atoms with van der Waals surface area (Å²) in [6, 6.07) is 9.39. The van der Waals surface area contributed by atoms with E-state index in [0.717, 1.165) is 36.0 Å². The average Bonchev–Trinajstić information content (AvgIpc) is 3.24. The molecule has 208 valence electrons. The number of hydrogen-bond donors (Lipinski definition) is 2. The summed E-state index contributed by atoms with van der Waals surface area (Å²) in [7, 11) is 7.39. The van der Waals surface area contributed by atoms with E-state index in [0.29, 0.717) is 42.0 Å². The van der Waals surface area contributed by atoms with E-state index in [-0.39, 0.29) is 17.5 Å². The molecule has 0 bridgehead atoms. The maximum atomic E-state index is 13.4. The van der Waals surface area contributed by atoms with E-state index in [1.807, 2.05) is 42.7 Å². The lowest BCUT2D eigenvalue weighted by Gasteiger charge is -2.24. The standard InChI is InChI=1S/C28H33N9O3/c1-6-23(38)30-19-17-20(26(40-5)33-25(19)35(4)16-15-34(2)3)31-27-29-13-12-22(32-27)37-21-11-7-9-18-10-8-14-36(24(18)21)28(37)39/h6-7,9,11-13,17H,1,8,10,14-16H2,2-5H3,(H,30,38)(H,29,31,32). The number of methoxy groups -OCH3 is 1.